The summed E-state index contributed by atoms with van der Waals surface area (Å²) in [5.74, 6) is -2.52. The molecule has 0 aliphatic heterocycles. The van der Waals surface area contributed by atoms with Crippen LogP contribution in [0.4, 0.5) is 10.1 Å². The maximum absolute atomic E-state index is 13.1. The highest BCUT2D eigenvalue weighted by Gasteiger charge is 2.15. The van der Waals surface area contributed by atoms with Crippen molar-refractivity contribution in [3.8, 4) is 5.88 Å². The van der Waals surface area contributed by atoms with E-state index in [1.807, 2.05) is 0 Å². The first kappa shape index (κ1) is 15.4. The van der Waals surface area contributed by atoms with Gasteiger partial charge in [-0.05, 0) is 30.3 Å². The van der Waals surface area contributed by atoms with E-state index < -0.39 is 17.6 Å². The third-order valence-electron chi connectivity index (χ3n) is 3.15. The quantitative estimate of drug-likeness (QED) is 0.505. The number of aromatic nitrogens is 1. The lowest BCUT2D eigenvalue weighted by atomic mass is 10.2. The summed E-state index contributed by atoms with van der Waals surface area (Å²) in [4.78, 5) is 25.8. The van der Waals surface area contributed by atoms with Gasteiger partial charge in [-0.3, -0.25) is 9.59 Å². The molecule has 122 valence electrons. The van der Waals surface area contributed by atoms with Crippen LogP contribution < -0.4 is 5.32 Å². The zero-order valence-corrected chi connectivity index (χ0v) is 12.1. The average molecular weight is 330 g/mol. The molecular formula is C15H11FN4O4. The smallest absolute Gasteiger partial charge is 0.353 e. The van der Waals surface area contributed by atoms with E-state index >= 15 is 0 Å². The Morgan fingerprint density at radius 1 is 1.33 bits per heavy atom. The highest BCUT2D eigenvalue weighted by Crippen LogP contribution is 2.35. The van der Waals surface area contributed by atoms with E-state index in [4.69, 9.17) is 4.42 Å². The Morgan fingerprint density at radius 2 is 2.17 bits per heavy atom. The van der Waals surface area contributed by atoms with Gasteiger partial charge in [-0.25, -0.2) is 4.39 Å². The number of furan rings is 1. The number of azo groups is 1. The first-order valence-electron chi connectivity index (χ1n) is 6.81. The third kappa shape index (κ3) is 3.14. The van der Waals surface area contributed by atoms with Gasteiger partial charge >= 0.3 is 11.8 Å². The van der Waals surface area contributed by atoms with E-state index in [1.165, 1.54) is 18.4 Å². The lowest BCUT2D eigenvalue weighted by Gasteiger charge is -1.98. The number of hydrogen-bond acceptors (Lipinski definition) is 5. The number of hydrogen-bond donors (Lipinski definition) is 3. The topological polar surface area (TPSA) is 120 Å². The second-order valence-corrected chi connectivity index (χ2v) is 4.78. The maximum Gasteiger partial charge on any atom is 0.353 e. The Kier molecular flexibility index (Phi) is 4.06. The van der Waals surface area contributed by atoms with E-state index in [0.717, 1.165) is 6.07 Å². The molecule has 2 heterocycles. The van der Waals surface area contributed by atoms with Crippen molar-refractivity contribution in [1.29, 1.82) is 0 Å². The molecule has 0 bridgehead atoms. The summed E-state index contributed by atoms with van der Waals surface area (Å²) in [6.07, 6.45) is 1.44. The molecular weight excluding hydrogens is 319 g/mol. The van der Waals surface area contributed by atoms with Gasteiger partial charge in [-0.2, -0.15) is 0 Å². The van der Waals surface area contributed by atoms with Crippen LogP contribution in [0.3, 0.4) is 0 Å². The van der Waals surface area contributed by atoms with Gasteiger partial charge in [0.25, 0.3) is 0 Å². The Bertz CT molecular complexity index is 931. The van der Waals surface area contributed by atoms with Gasteiger partial charge in [0, 0.05) is 5.39 Å². The van der Waals surface area contributed by atoms with Crippen LogP contribution in [-0.2, 0) is 16.1 Å². The molecule has 3 rings (SSSR count). The lowest BCUT2D eigenvalue weighted by molar-refractivity contribution is -0.137. The molecule has 2 aromatic heterocycles. The van der Waals surface area contributed by atoms with Crippen LogP contribution in [-0.4, -0.2) is 21.9 Å². The minimum Gasteiger partial charge on any atom is -0.493 e. The standard InChI is InChI=1S/C15H11FN4O4/c16-8-3-4-10-11(6-8)18-13(21)12(10)19-20-15(23)14(22)17-7-9-2-1-5-24-9/h1-6,18,21H,7H2,(H,17,22). The van der Waals surface area contributed by atoms with Crippen LogP contribution in [0.15, 0.2) is 51.2 Å². The molecule has 0 saturated heterocycles. The summed E-state index contributed by atoms with van der Waals surface area (Å²) in [5.41, 5.74) is 0.230. The fourth-order valence-electron chi connectivity index (χ4n) is 2.04. The second kappa shape index (κ2) is 6.32. The predicted octanol–water partition coefficient (Wildman–Crippen LogP) is 2.53. The number of nitrogens with one attached hydrogen (secondary N) is 2. The number of aromatic amines is 1. The summed E-state index contributed by atoms with van der Waals surface area (Å²) in [7, 11) is 0. The highest BCUT2D eigenvalue weighted by molar-refractivity contribution is 6.35. The van der Waals surface area contributed by atoms with Crippen LogP contribution in [0.2, 0.25) is 0 Å². The van der Waals surface area contributed by atoms with Gasteiger partial charge < -0.3 is 19.8 Å². The number of halogens is 1. The molecule has 0 aliphatic rings. The van der Waals surface area contributed by atoms with Crippen molar-refractivity contribution >= 4 is 28.4 Å². The molecule has 0 aliphatic carbocycles. The summed E-state index contributed by atoms with van der Waals surface area (Å²) in [6.45, 7) is 0.0324. The first-order valence-corrected chi connectivity index (χ1v) is 6.81. The Hall–Kier alpha value is -3.49. The first-order chi connectivity index (χ1) is 11.5. The van der Waals surface area contributed by atoms with Gasteiger partial charge in [-0.15, -0.1) is 10.2 Å². The van der Waals surface area contributed by atoms with E-state index in [2.05, 4.69) is 20.5 Å². The molecule has 3 N–H and O–H groups in total. The molecule has 0 radical (unpaired) electrons. The fraction of sp³-hybridized carbons (Fsp3) is 0.0667. The van der Waals surface area contributed by atoms with Crippen molar-refractivity contribution in [2.45, 2.75) is 6.54 Å². The number of amides is 2. The van der Waals surface area contributed by atoms with Gasteiger partial charge in [0.15, 0.2) is 5.69 Å². The molecule has 0 atom stereocenters. The zero-order chi connectivity index (χ0) is 17.1. The number of rotatable bonds is 3. The Morgan fingerprint density at radius 3 is 2.92 bits per heavy atom. The van der Waals surface area contributed by atoms with Crippen LogP contribution in [0.5, 0.6) is 5.88 Å². The lowest BCUT2D eigenvalue weighted by Crippen LogP contribution is -2.28. The number of carbonyl (C=O) groups excluding carboxylic acids is 2. The molecule has 0 saturated carbocycles. The minimum atomic E-state index is -1.14. The summed E-state index contributed by atoms with van der Waals surface area (Å²) in [5, 5.41) is 19.3. The molecule has 24 heavy (non-hydrogen) atoms. The van der Waals surface area contributed by atoms with E-state index in [9.17, 15) is 19.1 Å². The molecule has 0 fully saturated rings. The second-order valence-electron chi connectivity index (χ2n) is 4.78. The number of fused-ring (bicyclic) bond motifs is 1. The van der Waals surface area contributed by atoms with Crippen molar-refractivity contribution in [2.75, 3.05) is 0 Å². The summed E-state index contributed by atoms with van der Waals surface area (Å²) in [6, 6.07) is 6.98. The van der Waals surface area contributed by atoms with Crippen molar-refractivity contribution in [3.63, 3.8) is 0 Å². The summed E-state index contributed by atoms with van der Waals surface area (Å²) >= 11 is 0. The van der Waals surface area contributed by atoms with E-state index in [0.29, 0.717) is 11.1 Å². The predicted molar refractivity (Wildman–Crippen MR) is 80.0 cm³/mol. The van der Waals surface area contributed by atoms with Gasteiger partial charge in [-0.1, -0.05) is 0 Å². The van der Waals surface area contributed by atoms with Crippen LogP contribution >= 0.6 is 0 Å². The van der Waals surface area contributed by atoms with Crippen LogP contribution in [0, 0.1) is 5.82 Å². The van der Waals surface area contributed by atoms with Gasteiger partial charge in [0.05, 0.1) is 18.3 Å². The molecule has 3 aromatic rings. The van der Waals surface area contributed by atoms with Crippen molar-refractivity contribution in [1.82, 2.24) is 10.3 Å². The van der Waals surface area contributed by atoms with Gasteiger partial charge in [0.2, 0.25) is 5.88 Å². The van der Waals surface area contributed by atoms with E-state index in [1.54, 1.807) is 12.1 Å². The number of carbonyl (C=O) groups is 2. The highest BCUT2D eigenvalue weighted by atomic mass is 19.1. The number of H-pyrrole nitrogens is 1. The minimum absolute atomic E-state index is 0.0324. The fourth-order valence-corrected chi connectivity index (χ4v) is 2.04. The largest absolute Gasteiger partial charge is 0.493 e. The monoisotopic (exact) mass is 330 g/mol. The molecule has 9 heteroatoms. The zero-order valence-electron chi connectivity index (χ0n) is 12.1. The maximum atomic E-state index is 13.1. The van der Waals surface area contributed by atoms with Gasteiger partial charge in [0.1, 0.15) is 11.6 Å². The molecule has 2 amide bonds. The Labute approximate surface area is 134 Å². The molecule has 0 unspecified atom stereocenters. The molecule has 0 spiro atoms. The normalized spacial score (nSPS) is 11.2. The van der Waals surface area contributed by atoms with E-state index in [-0.39, 0.29) is 23.6 Å². The van der Waals surface area contributed by atoms with Crippen molar-refractivity contribution in [2.24, 2.45) is 10.2 Å². The van der Waals surface area contributed by atoms with Crippen molar-refractivity contribution < 1.29 is 23.5 Å². The Balaban J connectivity index is 1.72. The van der Waals surface area contributed by atoms with Crippen LogP contribution in [0.1, 0.15) is 5.76 Å². The molecule has 8 nitrogen and oxygen atoms in total. The molecule has 1 aromatic carbocycles. The SMILES string of the molecule is O=C(N=Nc1c(O)[nH]c2cc(F)ccc12)C(=O)NCc1ccco1. The average Bonchev–Trinajstić information content (AvgIpc) is 3.17. The summed E-state index contributed by atoms with van der Waals surface area (Å²) < 4.78 is 18.1. The number of nitrogens with zero attached hydrogens (tertiary/aromatic N) is 2. The van der Waals surface area contributed by atoms with Crippen LogP contribution in [0.25, 0.3) is 10.9 Å². The third-order valence-corrected chi connectivity index (χ3v) is 3.15. The van der Waals surface area contributed by atoms with Crippen molar-refractivity contribution in [3.05, 3.63) is 48.2 Å². The number of benzene rings is 1. The number of aromatic hydroxyl groups is 1.